The summed E-state index contributed by atoms with van der Waals surface area (Å²) in [6, 6.07) is 17.1. The molecule has 28 heavy (non-hydrogen) atoms. The Morgan fingerprint density at radius 1 is 0.964 bits per heavy atom. The Balaban J connectivity index is 1.56. The monoisotopic (exact) mass is 380 g/mol. The number of urea groups is 1. The van der Waals surface area contributed by atoms with Crippen molar-refractivity contribution in [3.8, 4) is 0 Å². The Hall–Kier alpha value is -2.86. The van der Waals surface area contributed by atoms with Crippen molar-refractivity contribution in [1.82, 2.24) is 15.5 Å². The van der Waals surface area contributed by atoms with Crippen LogP contribution in [0.25, 0.3) is 0 Å². The van der Waals surface area contributed by atoms with Crippen molar-refractivity contribution in [2.75, 3.05) is 31.5 Å². The molecule has 6 heteroatoms. The van der Waals surface area contributed by atoms with Crippen LogP contribution < -0.4 is 16.0 Å². The second-order valence-electron chi connectivity index (χ2n) is 6.94. The molecular formula is C22H28N4O2. The second-order valence-corrected chi connectivity index (χ2v) is 6.94. The number of hydrogen-bond donors (Lipinski definition) is 3. The van der Waals surface area contributed by atoms with Gasteiger partial charge in [0, 0.05) is 24.3 Å². The number of carbonyl (C=O) groups excluding carboxylic acids is 2. The average molecular weight is 380 g/mol. The van der Waals surface area contributed by atoms with Crippen LogP contribution in [-0.4, -0.2) is 43.0 Å². The number of carbonyl (C=O) groups is 2. The highest BCUT2D eigenvalue weighted by Gasteiger charge is 2.23. The van der Waals surface area contributed by atoms with E-state index in [1.807, 2.05) is 25.1 Å². The van der Waals surface area contributed by atoms with E-state index in [0.29, 0.717) is 24.3 Å². The molecule has 3 rings (SSSR count). The fourth-order valence-electron chi connectivity index (χ4n) is 3.52. The number of amides is 3. The van der Waals surface area contributed by atoms with E-state index in [1.165, 1.54) is 18.4 Å². The van der Waals surface area contributed by atoms with Crippen LogP contribution in [0.2, 0.25) is 0 Å². The summed E-state index contributed by atoms with van der Waals surface area (Å²) in [5.41, 5.74) is 2.45. The van der Waals surface area contributed by atoms with E-state index in [1.54, 1.807) is 24.3 Å². The van der Waals surface area contributed by atoms with E-state index < -0.39 is 0 Å². The van der Waals surface area contributed by atoms with Crippen molar-refractivity contribution in [1.29, 1.82) is 0 Å². The number of rotatable bonds is 7. The standard InChI is InChI=1S/C22H28N4O2/c1-2-23-21(27)18-10-12-19(13-11-18)25-22(28)24-16-20(26-14-6-7-15-26)17-8-4-3-5-9-17/h3-5,8-13,20H,2,6-7,14-16H2,1H3,(H,23,27)(H2,24,25,28). The first-order chi connectivity index (χ1) is 13.7. The van der Waals surface area contributed by atoms with Gasteiger partial charge in [-0.1, -0.05) is 30.3 Å². The molecule has 1 heterocycles. The molecule has 0 aliphatic carbocycles. The van der Waals surface area contributed by atoms with E-state index in [0.717, 1.165) is 13.1 Å². The van der Waals surface area contributed by atoms with Gasteiger partial charge in [-0.25, -0.2) is 4.79 Å². The lowest BCUT2D eigenvalue weighted by Gasteiger charge is -2.28. The molecule has 1 saturated heterocycles. The SMILES string of the molecule is CCNC(=O)c1ccc(NC(=O)NCC(c2ccccc2)N2CCCC2)cc1. The fraction of sp³-hybridized carbons (Fsp3) is 0.364. The van der Waals surface area contributed by atoms with Crippen molar-refractivity contribution in [3.63, 3.8) is 0 Å². The smallest absolute Gasteiger partial charge is 0.319 e. The van der Waals surface area contributed by atoms with Gasteiger partial charge in [0.25, 0.3) is 5.91 Å². The molecule has 1 atom stereocenters. The molecule has 0 radical (unpaired) electrons. The molecule has 1 aliphatic heterocycles. The Labute approximate surface area is 166 Å². The van der Waals surface area contributed by atoms with Gasteiger partial charge in [0.1, 0.15) is 0 Å². The van der Waals surface area contributed by atoms with E-state index in [-0.39, 0.29) is 18.0 Å². The van der Waals surface area contributed by atoms with E-state index in [2.05, 4.69) is 33.0 Å². The molecule has 1 aliphatic rings. The zero-order valence-corrected chi connectivity index (χ0v) is 16.3. The van der Waals surface area contributed by atoms with Crippen LogP contribution in [0, 0.1) is 0 Å². The third-order valence-electron chi connectivity index (χ3n) is 4.96. The highest BCUT2D eigenvalue weighted by molar-refractivity contribution is 5.95. The van der Waals surface area contributed by atoms with Crippen LogP contribution in [0.4, 0.5) is 10.5 Å². The average Bonchev–Trinajstić information content (AvgIpc) is 3.24. The summed E-state index contributed by atoms with van der Waals surface area (Å²) < 4.78 is 0. The molecule has 2 aromatic carbocycles. The van der Waals surface area contributed by atoms with E-state index >= 15 is 0 Å². The molecule has 6 nitrogen and oxygen atoms in total. The van der Waals surface area contributed by atoms with E-state index in [4.69, 9.17) is 0 Å². The van der Waals surface area contributed by atoms with Crippen molar-refractivity contribution < 1.29 is 9.59 Å². The summed E-state index contributed by atoms with van der Waals surface area (Å²) in [4.78, 5) is 26.6. The lowest BCUT2D eigenvalue weighted by Crippen LogP contribution is -2.38. The second kappa shape index (κ2) is 9.90. The number of anilines is 1. The van der Waals surface area contributed by atoms with Gasteiger partial charge in [0.2, 0.25) is 0 Å². The van der Waals surface area contributed by atoms with Crippen LogP contribution in [0.3, 0.4) is 0 Å². The molecule has 3 N–H and O–H groups in total. The molecular weight excluding hydrogens is 352 g/mol. The molecule has 1 fully saturated rings. The number of nitrogens with one attached hydrogen (secondary N) is 3. The van der Waals surface area contributed by atoms with Crippen LogP contribution in [0.5, 0.6) is 0 Å². The minimum atomic E-state index is -0.245. The maximum absolute atomic E-state index is 12.4. The van der Waals surface area contributed by atoms with Gasteiger partial charge in [-0.3, -0.25) is 9.69 Å². The van der Waals surface area contributed by atoms with Crippen molar-refractivity contribution in [2.24, 2.45) is 0 Å². The zero-order chi connectivity index (χ0) is 19.8. The summed E-state index contributed by atoms with van der Waals surface area (Å²) in [5.74, 6) is -0.116. The molecule has 1 unspecified atom stereocenters. The first-order valence-electron chi connectivity index (χ1n) is 9.89. The van der Waals surface area contributed by atoms with Gasteiger partial charge in [0.15, 0.2) is 0 Å². The van der Waals surface area contributed by atoms with Crippen LogP contribution in [0.15, 0.2) is 54.6 Å². The normalized spacial score (nSPS) is 15.0. The Morgan fingerprint density at radius 2 is 1.64 bits per heavy atom. The molecule has 0 saturated carbocycles. The lowest BCUT2D eigenvalue weighted by atomic mass is 10.1. The summed E-state index contributed by atoms with van der Waals surface area (Å²) in [6.07, 6.45) is 2.40. The largest absolute Gasteiger partial charge is 0.352 e. The van der Waals surface area contributed by atoms with Crippen LogP contribution >= 0.6 is 0 Å². The summed E-state index contributed by atoms with van der Waals surface area (Å²) in [6.45, 7) is 5.13. The first kappa shape index (κ1) is 19.9. The minimum Gasteiger partial charge on any atom is -0.352 e. The predicted octanol–water partition coefficient (Wildman–Crippen LogP) is 3.39. The number of hydrogen-bond acceptors (Lipinski definition) is 3. The van der Waals surface area contributed by atoms with E-state index in [9.17, 15) is 9.59 Å². The Morgan fingerprint density at radius 3 is 2.29 bits per heavy atom. The van der Waals surface area contributed by atoms with Gasteiger partial charge < -0.3 is 16.0 Å². The lowest BCUT2D eigenvalue weighted by molar-refractivity contribution is 0.0956. The highest BCUT2D eigenvalue weighted by Crippen LogP contribution is 2.24. The Kier molecular flexibility index (Phi) is 7.03. The van der Waals surface area contributed by atoms with Crippen molar-refractivity contribution in [3.05, 3.63) is 65.7 Å². The molecule has 0 aromatic heterocycles. The van der Waals surface area contributed by atoms with Gasteiger partial charge in [0.05, 0.1) is 6.04 Å². The number of benzene rings is 2. The van der Waals surface area contributed by atoms with Gasteiger partial charge >= 0.3 is 6.03 Å². The molecule has 3 amide bonds. The zero-order valence-electron chi connectivity index (χ0n) is 16.3. The van der Waals surface area contributed by atoms with Gasteiger partial charge in [-0.05, 0) is 62.7 Å². The van der Waals surface area contributed by atoms with Crippen molar-refractivity contribution >= 4 is 17.6 Å². The quantitative estimate of drug-likeness (QED) is 0.689. The summed E-state index contributed by atoms with van der Waals surface area (Å²) in [7, 11) is 0. The first-order valence-corrected chi connectivity index (χ1v) is 9.89. The molecule has 148 valence electrons. The maximum atomic E-state index is 12.4. The van der Waals surface area contributed by atoms with Crippen LogP contribution in [0.1, 0.15) is 41.7 Å². The highest BCUT2D eigenvalue weighted by atomic mass is 16.2. The topological polar surface area (TPSA) is 73.5 Å². The third-order valence-corrected chi connectivity index (χ3v) is 4.96. The van der Waals surface area contributed by atoms with Gasteiger partial charge in [-0.15, -0.1) is 0 Å². The molecule has 0 spiro atoms. The Bertz CT molecular complexity index is 771. The fourth-order valence-corrected chi connectivity index (χ4v) is 3.52. The third kappa shape index (κ3) is 5.33. The number of likely N-dealkylation sites (tertiary alicyclic amines) is 1. The maximum Gasteiger partial charge on any atom is 0.319 e. The molecule has 2 aromatic rings. The van der Waals surface area contributed by atoms with Crippen LogP contribution in [-0.2, 0) is 0 Å². The minimum absolute atomic E-state index is 0.116. The predicted molar refractivity (Wildman–Crippen MR) is 111 cm³/mol. The summed E-state index contributed by atoms with van der Waals surface area (Å²) in [5, 5.41) is 8.58. The molecule has 0 bridgehead atoms. The van der Waals surface area contributed by atoms with Crippen molar-refractivity contribution in [2.45, 2.75) is 25.8 Å². The number of nitrogens with zero attached hydrogens (tertiary/aromatic N) is 1. The van der Waals surface area contributed by atoms with Gasteiger partial charge in [-0.2, -0.15) is 0 Å². The summed E-state index contributed by atoms with van der Waals surface area (Å²) >= 11 is 0.